The zero-order chi connectivity index (χ0) is 20.6. The molecular weight excluding hydrogens is 390 g/mol. The first-order valence-electron chi connectivity index (χ1n) is 8.82. The molecule has 3 aromatic rings. The van der Waals surface area contributed by atoms with E-state index in [0.29, 0.717) is 6.54 Å². The van der Waals surface area contributed by atoms with Gasteiger partial charge in [-0.1, -0.05) is 29.4 Å². The van der Waals surface area contributed by atoms with Gasteiger partial charge in [0.05, 0.1) is 0 Å². The molecule has 0 radical (unpaired) electrons. The van der Waals surface area contributed by atoms with Crippen LogP contribution >= 0.6 is 0 Å². The molecule has 2 aromatic carbocycles. The smallest absolute Gasteiger partial charge is 0.351 e. The van der Waals surface area contributed by atoms with Crippen LogP contribution in [0.25, 0.3) is 11.4 Å². The van der Waals surface area contributed by atoms with Gasteiger partial charge in [-0.3, -0.25) is 4.79 Å². The minimum atomic E-state index is -4.74. The van der Waals surface area contributed by atoms with E-state index in [4.69, 9.17) is 0 Å². The Morgan fingerprint density at radius 3 is 2.48 bits per heavy atom. The van der Waals surface area contributed by atoms with E-state index in [2.05, 4.69) is 20.0 Å². The van der Waals surface area contributed by atoms with Gasteiger partial charge in [0.1, 0.15) is 5.82 Å². The number of nitrogens with zero attached hydrogens (tertiary/aromatic N) is 2. The second kappa shape index (κ2) is 6.98. The van der Waals surface area contributed by atoms with E-state index in [1.54, 1.807) is 18.2 Å². The molecule has 1 aliphatic carbocycles. The van der Waals surface area contributed by atoms with Crippen LogP contribution in [0, 0.1) is 5.82 Å². The van der Waals surface area contributed by atoms with Gasteiger partial charge in [-0.25, -0.2) is 4.39 Å². The van der Waals surface area contributed by atoms with Gasteiger partial charge in [-0.05, 0) is 42.7 Å². The lowest BCUT2D eigenvalue weighted by atomic mass is 9.96. The predicted octanol–water partition coefficient (Wildman–Crippen LogP) is 4.36. The number of carbonyl (C=O) groups excluding carboxylic acids is 1. The van der Waals surface area contributed by atoms with Crippen molar-refractivity contribution in [1.29, 1.82) is 0 Å². The van der Waals surface area contributed by atoms with Gasteiger partial charge in [0, 0.05) is 23.1 Å². The molecule has 5 nitrogen and oxygen atoms in total. The van der Waals surface area contributed by atoms with Gasteiger partial charge < -0.3 is 9.84 Å². The highest BCUT2D eigenvalue weighted by atomic mass is 19.4. The van der Waals surface area contributed by atoms with Crippen LogP contribution in [0.15, 0.2) is 53.1 Å². The van der Waals surface area contributed by atoms with Gasteiger partial charge in [-0.15, -0.1) is 0 Å². The van der Waals surface area contributed by atoms with E-state index in [1.165, 1.54) is 30.3 Å². The minimum Gasteiger partial charge on any atom is -0.351 e. The molecule has 9 heteroatoms. The molecule has 0 saturated heterocycles. The lowest BCUT2D eigenvalue weighted by Crippen LogP contribution is -2.32. The Morgan fingerprint density at radius 1 is 1.14 bits per heavy atom. The van der Waals surface area contributed by atoms with Crippen LogP contribution in [0.2, 0.25) is 0 Å². The second-order valence-corrected chi connectivity index (χ2v) is 6.97. The largest absolute Gasteiger partial charge is 0.471 e. The number of nitrogens with one attached hydrogen (secondary N) is 1. The number of benzene rings is 2. The summed E-state index contributed by atoms with van der Waals surface area (Å²) >= 11 is 0. The Balaban J connectivity index is 1.46. The van der Waals surface area contributed by atoms with Crippen molar-refractivity contribution in [3.05, 3.63) is 71.4 Å². The van der Waals surface area contributed by atoms with Crippen molar-refractivity contribution >= 4 is 5.91 Å². The maximum Gasteiger partial charge on any atom is 0.471 e. The summed E-state index contributed by atoms with van der Waals surface area (Å²) in [6.45, 7) is 0.377. The normalized spacial score (nSPS) is 15.2. The highest BCUT2D eigenvalue weighted by Crippen LogP contribution is 2.47. The van der Waals surface area contributed by atoms with Gasteiger partial charge in [0.15, 0.2) is 0 Å². The van der Waals surface area contributed by atoms with Crippen LogP contribution in [0.3, 0.4) is 0 Å². The quantitative estimate of drug-likeness (QED) is 0.641. The van der Waals surface area contributed by atoms with Crippen molar-refractivity contribution in [3.8, 4) is 11.4 Å². The number of hydrogen-bond acceptors (Lipinski definition) is 4. The third-order valence-electron chi connectivity index (χ3n) is 4.95. The molecule has 150 valence electrons. The third kappa shape index (κ3) is 3.98. The number of rotatable bonds is 5. The average Bonchev–Trinajstić information content (AvgIpc) is 3.31. The number of hydrogen-bond donors (Lipinski definition) is 1. The first-order chi connectivity index (χ1) is 13.8. The van der Waals surface area contributed by atoms with Gasteiger partial charge in [-0.2, -0.15) is 18.2 Å². The fourth-order valence-electron chi connectivity index (χ4n) is 3.13. The summed E-state index contributed by atoms with van der Waals surface area (Å²) in [5, 5.41) is 6.17. The van der Waals surface area contributed by atoms with Crippen LogP contribution in [-0.4, -0.2) is 22.6 Å². The van der Waals surface area contributed by atoms with Crippen molar-refractivity contribution in [2.75, 3.05) is 6.54 Å². The van der Waals surface area contributed by atoms with Crippen molar-refractivity contribution in [3.63, 3.8) is 0 Å². The molecule has 0 aliphatic heterocycles. The van der Waals surface area contributed by atoms with Crippen LogP contribution in [-0.2, 0) is 11.6 Å². The summed E-state index contributed by atoms with van der Waals surface area (Å²) in [6, 6.07) is 12.2. The van der Waals surface area contributed by atoms with Crippen LogP contribution in [0.5, 0.6) is 0 Å². The molecule has 1 heterocycles. The highest BCUT2D eigenvalue weighted by Gasteiger charge is 2.44. The second-order valence-electron chi connectivity index (χ2n) is 6.97. The number of amides is 1. The van der Waals surface area contributed by atoms with E-state index >= 15 is 0 Å². The van der Waals surface area contributed by atoms with Gasteiger partial charge in [0.25, 0.3) is 5.91 Å². The van der Waals surface area contributed by atoms with Crippen LogP contribution in [0.4, 0.5) is 17.6 Å². The lowest BCUT2D eigenvalue weighted by molar-refractivity contribution is -0.159. The molecule has 4 rings (SSSR count). The molecule has 0 atom stereocenters. The molecule has 1 N–H and O–H groups in total. The predicted molar refractivity (Wildman–Crippen MR) is 94.4 cm³/mol. The number of halogens is 4. The first kappa shape index (κ1) is 19.1. The molecular formula is C20H15F4N3O2. The van der Waals surface area contributed by atoms with E-state index in [1.807, 2.05) is 0 Å². The van der Waals surface area contributed by atoms with Crippen molar-refractivity contribution in [1.82, 2.24) is 15.5 Å². The van der Waals surface area contributed by atoms with Gasteiger partial charge >= 0.3 is 12.1 Å². The molecule has 0 spiro atoms. The van der Waals surface area contributed by atoms with E-state index < -0.39 is 12.1 Å². The average molecular weight is 405 g/mol. The molecule has 1 aromatic heterocycles. The summed E-state index contributed by atoms with van der Waals surface area (Å²) < 4.78 is 55.2. The molecule has 1 fully saturated rings. The molecule has 0 bridgehead atoms. The molecule has 1 amide bonds. The molecule has 1 aliphatic rings. The van der Waals surface area contributed by atoms with E-state index in [-0.39, 0.29) is 34.1 Å². The van der Waals surface area contributed by atoms with Crippen molar-refractivity contribution < 1.29 is 26.9 Å². The topological polar surface area (TPSA) is 68.0 Å². The van der Waals surface area contributed by atoms with E-state index in [9.17, 15) is 22.4 Å². The summed E-state index contributed by atoms with van der Waals surface area (Å²) in [6.07, 6.45) is -2.98. The number of carbonyl (C=O) groups is 1. The summed E-state index contributed by atoms with van der Waals surface area (Å²) in [5.41, 5.74) is 1.24. The summed E-state index contributed by atoms with van der Waals surface area (Å²) in [5.74, 6) is -2.39. The first-order valence-corrected chi connectivity index (χ1v) is 8.82. The Kier molecular flexibility index (Phi) is 4.60. The third-order valence-corrected chi connectivity index (χ3v) is 4.95. The van der Waals surface area contributed by atoms with Gasteiger partial charge in [0.2, 0.25) is 5.82 Å². The Morgan fingerprint density at radius 2 is 1.86 bits per heavy atom. The van der Waals surface area contributed by atoms with Crippen molar-refractivity contribution in [2.24, 2.45) is 0 Å². The van der Waals surface area contributed by atoms with Crippen LogP contribution in [0.1, 0.15) is 34.7 Å². The monoisotopic (exact) mass is 405 g/mol. The molecule has 29 heavy (non-hydrogen) atoms. The summed E-state index contributed by atoms with van der Waals surface area (Å²) in [7, 11) is 0. The lowest BCUT2D eigenvalue weighted by Gasteiger charge is -2.17. The fraction of sp³-hybridized carbons (Fsp3) is 0.250. The van der Waals surface area contributed by atoms with E-state index in [0.717, 1.165) is 18.4 Å². The standard InChI is InChI=1S/C20H15F4N3O2/c21-15-6-4-14(5-7-15)19(8-9-19)11-25-17(28)13-3-1-2-12(10-13)16-26-18(29-27-16)20(22,23)24/h1-7,10H,8-9,11H2,(H,25,28). The molecule has 1 saturated carbocycles. The maximum absolute atomic E-state index is 13.1. The number of aromatic nitrogens is 2. The zero-order valence-corrected chi connectivity index (χ0v) is 15.0. The van der Waals surface area contributed by atoms with Crippen molar-refractivity contribution in [2.45, 2.75) is 24.4 Å². The summed E-state index contributed by atoms with van der Waals surface area (Å²) in [4.78, 5) is 15.9. The Bertz CT molecular complexity index is 1040. The Labute approximate surface area is 162 Å². The minimum absolute atomic E-state index is 0.212. The Hall–Kier alpha value is -3.23. The van der Waals surface area contributed by atoms with Crippen LogP contribution < -0.4 is 5.32 Å². The zero-order valence-electron chi connectivity index (χ0n) is 15.0. The fourth-order valence-corrected chi connectivity index (χ4v) is 3.13. The highest BCUT2D eigenvalue weighted by molar-refractivity contribution is 5.95. The molecule has 0 unspecified atom stereocenters. The maximum atomic E-state index is 13.1. The number of alkyl halides is 3. The SMILES string of the molecule is O=C(NCC1(c2ccc(F)cc2)CC1)c1cccc(-c2noc(C(F)(F)F)n2)c1.